The summed E-state index contributed by atoms with van der Waals surface area (Å²) in [6.07, 6.45) is 2.01. The van der Waals surface area contributed by atoms with Crippen LogP contribution in [-0.4, -0.2) is 37.0 Å². The smallest absolute Gasteiger partial charge is 0.333 e. The van der Waals surface area contributed by atoms with Gasteiger partial charge >= 0.3 is 5.97 Å². The zero-order valence-corrected chi connectivity index (χ0v) is 15.9. The van der Waals surface area contributed by atoms with Crippen LogP contribution in [0.3, 0.4) is 0 Å². The number of ether oxygens (including phenoxy) is 1. The monoisotopic (exact) mass is 387 g/mol. The van der Waals surface area contributed by atoms with Crippen LogP contribution in [0.5, 0.6) is 5.75 Å². The van der Waals surface area contributed by atoms with Crippen molar-refractivity contribution in [2.24, 2.45) is 0 Å². The zero-order chi connectivity index (χ0) is 19.6. The van der Waals surface area contributed by atoms with Gasteiger partial charge in [0.2, 0.25) is 10.0 Å². The zero-order valence-electron chi connectivity index (χ0n) is 15.1. The molecular weight excluding hydrogens is 366 g/mol. The summed E-state index contributed by atoms with van der Waals surface area (Å²) >= 11 is 0. The highest BCUT2D eigenvalue weighted by Gasteiger charge is 2.45. The van der Waals surface area contributed by atoms with Gasteiger partial charge in [-0.2, -0.15) is 4.31 Å². The molecule has 7 heteroatoms. The van der Waals surface area contributed by atoms with Gasteiger partial charge in [-0.3, -0.25) is 0 Å². The summed E-state index contributed by atoms with van der Waals surface area (Å²) in [5, 5.41) is 9.70. The maximum atomic E-state index is 13.4. The van der Waals surface area contributed by atoms with Crippen LogP contribution in [0, 0.1) is 0 Å². The first kappa shape index (κ1) is 19.1. The molecule has 0 unspecified atom stereocenters. The molecule has 142 valence electrons. The molecule has 1 heterocycles. The van der Waals surface area contributed by atoms with E-state index in [1.807, 2.05) is 6.92 Å². The number of aliphatic carboxylic acids is 1. The van der Waals surface area contributed by atoms with Gasteiger partial charge in [0.15, 0.2) is 0 Å². The van der Waals surface area contributed by atoms with Crippen LogP contribution in [0.15, 0.2) is 71.1 Å². The maximum absolute atomic E-state index is 13.4. The van der Waals surface area contributed by atoms with E-state index < -0.39 is 28.1 Å². The fourth-order valence-electron chi connectivity index (χ4n) is 3.33. The lowest BCUT2D eigenvalue weighted by molar-refractivity contribution is -0.133. The summed E-state index contributed by atoms with van der Waals surface area (Å²) in [6, 6.07) is 13.4. The van der Waals surface area contributed by atoms with Gasteiger partial charge in [-0.25, -0.2) is 13.2 Å². The van der Waals surface area contributed by atoms with Gasteiger partial charge in [-0.1, -0.05) is 43.3 Å². The van der Waals surface area contributed by atoms with Crippen molar-refractivity contribution in [1.29, 1.82) is 0 Å². The van der Waals surface area contributed by atoms with Crippen molar-refractivity contribution in [2.45, 2.75) is 30.3 Å². The van der Waals surface area contributed by atoms with Crippen molar-refractivity contribution in [3.63, 3.8) is 0 Å². The summed E-state index contributed by atoms with van der Waals surface area (Å²) < 4.78 is 33.2. The second-order valence-corrected chi connectivity index (χ2v) is 8.07. The number of carboxylic acids is 1. The molecule has 0 aliphatic carbocycles. The van der Waals surface area contributed by atoms with Crippen LogP contribution in [0.2, 0.25) is 0 Å². The molecule has 0 bridgehead atoms. The van der Waals surface area contributed by atoms with Crippen molar-refractivity contribution in [2.75, 3.05) is 7.11 Å². The number of sulfonamides is 1. The van der Waals surface area contributed by atoms with Gasteiger partial charge in [0.1, 0.15) is 5.75 Å². The van der Waals surface area contributed by atoms with Crippen molar-refractivity contribution in [3.8, 4) is 5.75 Å². The minimum atomic E-state index is -3.89. The number of benzene rings is 2. The summed E-state index contributed by atoms with van der Waals surface area (Å²) in [5.41, 5.74) is 0.645. The molecule has 2 aromatic carbocycles. The van der Waals surface area contributed by atoms with Gasteiger partial charge in [0.05, 0.1) is 23.6 Å². The standard InChI is InChI=1S/C20H21NO5S/c1-3-15-13-18(20(22)23)19(14-9-11-16(26-2)12-10-14)21(15)27(24,25)17-7-5-4-6-8-17/h4-13,15,19H,3H2,1-2H3,(H,22,23)/t15-,19+/m0/s1. The Balaban J connectivity index is 2.14. The molecule has 27 heavy (non-hydrogen) atoms. The van der Waals surface area contributed by atoms with E-state index in [0.29, 0.717) is 17.7 Å². The highest BCUT2D eigenvalue weighted by Crippen LogP contribution is 2.42. The van der Waals surface area contributed by atoms with Gasteiger partial charge in [-0.05, 0) is 36.2 Å². The van der Waals surface area contributed by atoms with Crippen molar-refractivity contribution in [1.82, 2.24) is 4.31 Å². The summed E-state index contributed by atoms with van der Waals surface area (Å²) in [4.78, 5) is 12.0. The average molecular weight is 387 g/mol. The van der Waals surface area contributed by atoms with E-state index in [-0.39, 0.29) is 10.5 Å². The fraction of sp³-hybridized carbons (Fsp3) is 0.250. The second-order valence-electron chi connectivity index (χ2n) is 6.23. The van der Waals surface area contributed by atoms with Gasteiger partial charge < -0.3 is 9.84 Å². The Hall–Kier alpha value is -2.64. The number of carboxylic acid groups (broad SMARTS) is 1. The van der Waals surface area contributed by atoms with E-state index in [1.54, 1.807) is 42.5 Å². The van der Waals surface area contributed by atoms with Crippen molar-refractivity contribution >= 4 is 16.0 Å². The third-order valence-electron chi connectivity index (χ3n) is 4.66. The molecule has 0 amide bonds. The molecule has 3 rings (SSSR count). The number of rotatable bonds is 6. The molecular formula is C20H21NO5S. The van der Waals surface area contributed by atoms with E-state index >= 15 is 0 Å². The minimum Gasteiger partial charge on any atom is -0.497 e. The lowest BCUT2D eigenvalue weighted by Gasteiger charge is -2.30. The number of hydrogen-bond donors (Lipinski definition) is 1. The summed E-state index contributed by atoms with van der Waals surface area (Å²) in [5.74, 6) is -0.512. The Morgan fingerprint density at radius 2 is 1.74 bits per heavy atom. The van der Waals surface area contributed by atoms with E-state index in [0.717, 1.165) is 0 Å². The van der Waals surface area contributed by atoms with Crippen LogP contribution < -0.4 is 4.74 Å². The van der Waals surface area contributed by atoms with E-state index in [4.69, 9.17) is 4.74 Å². The quantitative estimate of drug-likeness (QED) is 0.823. The fourth-order valence-corrected chi connectivity index (χ4v) is 5.15. The highest BCUT2D eigenvalue weighted by molar-refractivity contribution is 7.89. The van der Waals surface area contributed by atoms with Gasteiger partial charge in [-0.15, -0.1) is 0 Å². The SMILES string of the molecule is CC[C@H]1C=C(C(=O)O)[C@@H](c2ccc(OC)cc2)N1S(=O)(=O)c1ccccc1. The predicted octanol–water partition coefficient (Wildman–Crippen LogP) is 3.23. The first-order chi connectivity index (χ1) is 12.9. The molecule has 0 saturated carbocycles. The van der Waals surface area contributed by atoms with Crippen molar-refractivity contribution < 1.29 is 23.1 Å². The number of hydrogen-bond acceptors (Lipinski definition) is 4. The Morgan fingerprint density at radius 3 is 2.26 bits per heavy atom. The molecule has 2 atom stereocenters. The maximum Gasteiger partial charge on any atom is 0.333 e. The third kappa shape index (κ3) is 3.48. The molecule has 0 fully saturated rings. The second kappa shape index (κ2) is 7.54. The average Bonchev–Trinajstić information content (AvgIpc) is 3.09. The first-order valence-corrected chi connectivity index (χ1v) is 10.0. The topological polar surface area (TPSA) is 83.9 Å². The molecule has 1 aliphatic heterocycles. The largest absolute Gasteiger partial charge is 0.497 e. The normalized spacial score (nSPS) is 20.3. The van der Waals surface area contributed by atoms with E-state index in [9.17, 15) is 18.3 Å². The number of carbonyl (C=O) groups is 1. The molecule has 1 N–H and O–H groups in total. The Morgan fingerprint density at radius 1 is 1.11 bits per heavy atom. The van der Waals surface area contributed by atoms with E-state index in [1.165, 1.54) is 29.6 Å². The van der Waals surface area contributed by atoms with Gasteiger partial charge in [0.25, 0.3) is 0 Å². The van der Waals surface area contributed by atoms with Crippen LogP contribution in [0.1, 0.15) is 24.9 Å². The van der Waals surface area contributed by atoms with Gasteiger partial charge in [0, 0.05) is 6.04 Å². The van der Waals surface area contributed by atoms with Crippen LogP contribution >= 0.6 is 0 Å². The lowest BCUT2D eigenvalue weighted by Crippen LogP contribution is -2.38. The van der Waals surface area contributed by atoms with Crippen LogP contribution in [0.4, 0.5) is 0 Å². The van der Waals surface area contributed by atoms with Crippen LogP contribution in [0.25, 0.3) is 0 Å². The van der Waals surface area contributed by atoms with E-state index in [2.05, 4.69) is 0 Å². The molecule has 0 radical (unpaired) electrons. The lowest BCUT2D eigenvalue weighted by atomic mass is 10.0. The molecule has 6 nitrogen and oxygen atoms in total. The first-order valence-electron chi connectivity index (χ1n) is 8.57. The molecule has 1 aliphatic rings. The highest BCUT2D eigenvalue weighted by atomic mass is 32.2. The third-order valence-corrected chi connectivity index (χ3v) is 6.57. The summed E-state index contributed by atoms with van der Waals surface area (Å²) in [6.45, 7) is 1.84. The Bertz CT molecular complexity index is 952. The predicted molar refractivity (Wildman–Crippen MR) is 101 cm³/mol. The molecule has 0 aromatic heterocycles. The minimum absolute atomic E-state index is 0.0616. The molecule has 0 spiro atoms. The van der Waals surface area contributed by atoms with Crippen molar-refractivity contribution in [3.05, 3.63) is 71.8 Å². The summed E-state index contributed by atoms with van der Waals surface area (Å²) in [7, 11) is -2.36. The number of nitrogens with zero attached hydrogens (tertiary/aromatic N) is 1. The Kier molecular flexibility index (Phi) is 5.34. The Labute approximate surface area is 158 Å². The molecule has 2 aromatic rings. The van der Waals surface area contributed by atoms with Crippen LogP contribution in [-0.2, 0) is 14.8 Å². The number of methoxy groups -OCH3 is 1. The molecule has 0 saturated heterocycles.